The lowest BCUT2D eigenvalue weighted by atomic mass is 10.2. The van der Waals surface area contributed by atoms with Crippen molar-refractivity contribution in [1.29, 1.82) is 0 Å². The average Bonchev–Trinajstić information content (AvgIpc) is 2.48. The molecular formula is C10H16N2O3. The van der Waals surface area contributed by atoms with Crippen molar-refractivity contribution in [2.45, 2.75) is 27.3 Å². The fraction of sp³-hybridized carbons (Fsp3) is 0.600. The number of carbonyl (C=O) groups excluding carboxylic acids is 1. The van der Waals surface area contributed by atoms with Gasteiger partial charge in [0.15, 0.2) is 0 Å². The number of H-pyrrole nitrogens is 1. The first-order valence-electron chi connectivity index (χ1n) is 5.01. The average molecular weight is 212 g/mol. The van der Waals surface area contributed by atoms with Gasteiger partial charge in [0, 0.05) is 12.7 Å². The van der Waals surface area contributed by atoms with Crippen LogP contribution >= 0.6 is 0 Å². The van der Waals surface area contributed by atoms with Gasteiger partial charge in [-0.15, -0.1) is 0 Å². The molecule has 0 atom stereocenters. The zero-order chi connectivity index (χ0) is 11.4. The van der Waals surface area contributed by atoms with E-state index in [1.54, 1.807) is 6.92 Å². The molecule has 1 aromatic rings. The van der Waals surface area contributed by atoms with Crippen LogP contribution in [0.5, 0.6) is 0 Å². The second-order valence-electron chi connectivity index (χ2n) is 3.72. The second kappa shape index (κ2) is 4.82. The topological polar surface area (TPSA) is 64.1 Å². The van der Waals surface area contributed by atoms with E-state index >= 15 is 0 Å². The molecule has 15 heavy (non-hydrogen) atoms. The molecule has 0 aliphatic heterocycles. The van der Waals surface area contributed by atoms with Gasteiger partial charge in [0.2, 0.25) is 0 Å². The van der Waals surface area contributed by atoms with Crippen molar-refractivity contribution in [2.24, 2.45) is 5.92 Å². The number of nitrogens with one attached hydrogen (secondary N) is 1. The number of nitrogens with zero attached hydrogens (tertiary/aromatic N) is 1. The van der Waals surface area contributed by atoms with Crippen molar-refractivity contribution >= 4 is 5.97 Å². The van der Waals surface area contributed by atoms with Gasteiger partial charge in [0.1, 0.15) is 5.56 Å². The van der Waals surface area contributed by atoms with E-state index in [-0.39, 0.29) is 17.7 Å². The highest BCUT2D eigenvalue weighted by molar-refractivity contribution is 5.88. The zero-order valence-electron chi connectivity index (χ0n) is 9.24. The summed E-state index contributed by atoms with van der Waals surface area (Å²) < 4.78 is 6.17. The molecule has 84 valence electrons. The van der Waals surface area contributed by atoms with Crippen molar-refractivity contribution in [2.75, 3.05) is 6.61 Å². The largest absolute Gasteiger partial charge is 0.462 e. The Morgan fingerprint density at radius 1 is 1.60 bits per heavy atom. The molecule has 0 aliphatic carbocycles. The predicted octanol–water partition coefficient (Wildman–Crippen LogP) is 1.01. The maximum atomic E-state index is 11.7. The third kappa shape index (κ3) is 2.71. The Morgan fingerprint density at radius 2 is 2.27 bits per heavy atom. The highest BCUT2D eigenvalue weighted by atomic mass is 16.5. The molecule has 0 fully saturated rings. The first-order valence-corrected chi connectivity index (χ1v) is 5.01. The fourth-order valence-electron chi connectivity index (χ4n) is 1.26. The third-order valence-electron chi connectivity index (χ3n) is 1.88. The Balaban J connectivity index is 2.89. The molecular weight excluding hydrogens is 196 g/mol. The molecule has 0 spiro atoms. The summed E-state index contributed by atoms with van der Waals surface area (Å²) in [7, 11) is 0. The number of aromatic nitrogens is 2. The van der Waals surface area contributed by atoms with Crippen LogP contribution in [0.15, 0.2) is 11.0 Å². The SMILES string of the molecule is CCOC(=O)c1c[nH]n(CC(C)C)c1=O. The van der Waals surface area contributed by atoms with Crippen LogP contribution in [0, 0.1) is 5.92 Å². The summed E-state index contributed by atoms with van der Waals surface area (Å²) >= 11 is 0. The minimum atomic E-state index is -0.568. The van der Waals surface area contributed by atoms with Gasteiger partial charge in [0.05, 0.1) is 6.61 Å². The number of hydrogen-bond acceptors (Lipinski definition) is 3. The van der Waals surface area contributed by atoms with Gasteiger partial charge in [-0.05, 0) is 12.8 Å². The van der Waals surface area contributed by atoms with E-state index in [0.29, 0.717) is 12.5 Å². The fourth-order valence-corrected chi connectivity index (χ4v) is 1.26. The van der Waals surface area contributed by atoms with E-state index < -0.39 is 5.97 Å². The zero-order valence-corrected chi connectivity index (χ0v) is 9.24. The number of hydrogen-bond donors (Lipinski definition) is 1. The molecule has 0 amide bonds. The molecule has 0 bridgehead atoms. The first-order chi connectivity index (χ1) is 7.06. The van der Waals surface area contributed by atoms with Gasteiger partial charge in [0.25, 0.3) is 5.56 Å². The summed E-state index contributed by atoms with van der Waals surface area (Å²) in [5.41, 5.74) is -0.250. The van der Waals surface area contributed by atoms with Gasteiger partial charge >= 0.3 is 5.97 Å². The third-order valence-corrected chi connectivity index (χ3v) is 1.88. The van der Waals surface area contributed by atoms with Gasteiger partial charge in [-0.3, -0.25) is 9.48 Å². The Bertz CT molecular complexity index is 390. The van der Waals surface area contributed by atoms with Crippen molar-refractivity contribution in [3.8, 4) is 0 Å². The lowest BCUT2D eigenvalue weighted by Gasteiger charge is -2.03. The van der Waals surface area contributed by atoms with E-state index in [9.17, 15) is 9.59 Å². The minimum Gasteiger partial charge on any atom is -0.462 e. The first kappa shape index (κ1) is 11.6. The van der Waals surface area contributed by atoms with Crippen LogP contribution in [0.4, 0.5) is 0 Å². The molecule has 5 heteroatoms. The smallest absolute Gasteiger partial charge is 0.345 e. The lowest BCUT2D eigenvalue weighted by Crippen LogP contribution is -2.24. The molecule has 1 N–H and O–H groups in total. The van der Waals surface area contributed by atoms with Crippen molar-refractivity contribution in [1.82, 2.24) is 9.78 Å². The number of rotatable bonds is 4. The molecule has 5 nitrogen and oxygen atoms in total. The van der Waals surface area contributed by atoms with Crippen LogP contribution in [-0.4, -0.2) is 22.4 Å². The highest BCUT2D eigenvalue weighted by Gasteiger charge is 2.15. The summed E-state index contributed by atoms with van der Waals surface area (Å²) in [6, 6.07) is 0. The van der Waals surface area contributed by atoms with Crippen molar-refractivity contribution in [3.63, 3.8) is 0 Å². The molecule has 0 aliphatic rings. The van der Waals surface area contributed by atoms with E-state index in [4.69, 9.17) is 4.74 Å². The summed E-state index contributed by atoms with van der Waals surface area (Å²) in [5.74, 6) is -0.224. The molecule has 0 unspecified atom stereocenters. The van der Waals surface area contributed by atoms with Gasteiger partial charge in [-0.1, -0.05) is 13.8 Å². The maximum Gasteiger partial charge on any atom is 0.345 e. The van der Waals surface area contributed by atoms with E-state index in [1.807, 2.05) is 13.8 Å². The number of esters is 1. The van der Waals surface area contributed by atoms with Gasteiger partial charge in [-0.2, -0.15) is 0 Å². The Labute approximate surface area is 88.0 Å². The standard InChI is InChI=1S/C10H16N2O3/c1-4-15-10(14)8-5-11-12(9(8)13)6-7(2)3/h5,7,11H,4,6H2,1-3H3. The van der Waals surface area contributed by atoms with Crippen molar-refractivity contribution in [3.05, 3.63) is 22.1 Å². The van der Waals surface area contributed by atoms with Crippen LogP contribution in [0.1, 0.15) is 31.1 Å². The Hall–Kier alpha value is -1.52. The second-order valence-corrected chi connectivity index (χ2v) is 3.72. The summed E-state index contributed by atoms with van der Waals surface area (Å²) in [5, 5.41) is 2.75. The predicted molar refractivity (Wildman–Crippen MR) is 55.8 cm³/mol. The van der Waals surface area contributed by atoms with Crippen LogP contribution in [0.3, 0.4) is 0 Å². The van der Waals surface area contributed by atoms with Crippen LogP contribution in [0.25, 0.3) is 0 Å². The quantitative estimate of drug-likeness (QED) is 0.757. The monoisotopic (exact) mass is 212 g/mol. The highest BCUT2D eigenvalue weighted by Crippen LogP contribution is 1.98. The molecule has 0 saturated carbocycles. The van der Waals surface area contributed by atoms with E-state index in [2.05, 4.69) is 5.10 Å². The molecule has 1 aromatic heterocycles. The van der Waals surface area contributed by atoms with Gasteiger partial charge in [-0.25, -0.2) is 4.79 Å². The van der Waals surface area contributed by atoms with Crippen LogP contribution in [-0.2, 0) is 11.3 Å². The normalized spacial score (nSPS) is 10.7. The molecule has 1 heterocycles. The summed E-state index contributed by atoms with van der Waals surface area (Å²) in [6.07, 6.45) is 1.39. The number of aromatic amines is 1. The molecule has 1 rings (SSSR count). The van der Waals surface area contributed by atoms with Crippen LogP contribution in [0.2, 0.25) is 0 Å². The molecule has 0 saturated heterocycles. The minimum absolute atomic E-state index is 0.0671. The van der Waals surface area contributed by atoms with Crippen LogP contribution < -0.4 is 5.56 Å². The molecule has 0 aromatic carbocycles. The number of carbonyl (C=O) groups is 1. The van der Waals surface area contributed by atoms with E-state index in [1.165, 1.54) is 10.9 Å². The Morgan fingerprint density at radius 3 is 2.80 bits per heavy atom. The van der Waals surface area contributed by atoms with Gasteiger partial charge < -0.3 is 9.84 Å². The number of ether oxygens (including phenoxy) is 1. The van der Waals surface area contributed by atoms with Crippen molar-refractivity contribution < 1.29 is 9.53 Å². The Kier molecular flexibility index (Phi) is 3.71. The summed E-state index contributed by atoms with van der Waals surface area (Å²) in [6.45, 7) is 6.54. The molecule has 0 radical (unpaired) electrons. The summed E-state index contributed by atoms with van der Waals surface area (Å²) in [4.78, 5) is 23.0. The lowest BCUT2D eigenvalue weighted by molar-refractivity contribution is 0.0524. The van der Waals surface area contributed by atoms with E-state index in [0.717, 1.165) is 0 Å². The maximum absolute atomic E-state index is 11.7.